The maximum atomic E-state index is 12.8. The summed E-state index contributed by atoms with van der Waals surface area (Å²) in [7, 11) is 0. The highest BCUT2D eigenvalue weighted by Gasteiger charge is 2.35. The van der Waals surface area contributed by atoms with E-state index in [4.69, 9.17) is 0 Å². The number of nitrogens with one attached hydrogen (secondary N) is 1. The summed E-state index contributed by atoms with van der Waals surface area (Å²) in [5.41, 5.74) is -1.32. The fourth-order valence-corrected chi connectivity index (χ4v) is 1.81. The van der Waals surface area contributed by atoms with Gasteiger partial charge in [-0.15, -0.1) is 0 Å². The predicted octanol–water partition coefficient (Wildman–Crippen LogP) is 3.98. The SMILES string of the molecule is CC(CBr)NC(=O)c1ccc(Br)cc1C(F)(F)F. The minimum atomic E-state index is -4.56. The van der Waals surface area contributed by atoms with Crippen LogP contribution in [0.5, 0.6) is 0 Å². The van der Waals surface area contributed by atoms with E-state index in [2.05, 4.69) is 37.2 Å². The molecule has 0 aliphatic heterocycles. The molecule has 2 nitrogen and oxygen atoms in total. The van der Waals surface area contributed by atoms with Crippen molar-refractivity contribution in [2.75, 3.05) is 5.33 Å². The lowest BCUT2D eigenvalue weighted by atomic mass is 10.1. The monoisotopic (exact) mass is 387 g/mol. The maximum absolute atomic E-state index is 12.8. The van der Waals surface area contributed by atoms with Crippen LogP contribution in [0.15, 0.2) is 22.7 Å². The Morgan fingerprint density at radius 2 is 2.06 bits per heavy atom. The number of amides is 1. The summed E-state index contributed by atoms with van der Waals surface area (Å²) in [6, 6.07) is 3.21. The molecule has 0 fully saturated rings. The molecule has 0 saturated heterocycles. The lowest BCUT2D eigenvalue weighted by molar-refractivity contribution is -0.138. The molecule has 0 heterocycles. The van der Waals surface area contributed by atoms with Gasteiger partial charge in [0.1, 0.15) is 0 Å². The van der Waals surface area contributed by atoms with Crippen LogP contribution in [0.25, 0.3) is 0 Å². The molecule has 0 bridgehead atoms. The van der Waals surface area contributed by atoms with Gasteiger partial charge in [0.25, 0.3) is 5.91 Å². The zero-order valence-corrected chi connectivity index (χ0v) is 12.5. The maximum Gasteiger partial charge on any atom is 0.417 e. The van der Waals surface area contributed by atoms with Crippen molar-refractivity contribution in [3.05, 3.63) is 33.8 Å². The van der Waals surface area contributed by atoms with E-state index < -0.39 is 17.6 Å². The second-order valence-electron chi connectivity index (χ2n) is 3.72. The van der Waals surface area contributed by atoms with Gasteiger partial charge in [-0.1, -0.05) is 31.9 Å². The van der Waals surface area contributed by atoms with E-state index in [0.29, 0.717) is 5.33 Å². The Kier molecular flexibility index (Phi) is 5.21. The molecule has 0 radical (unpaired) electrons. The van der Waals surface area contributed by atoms with Gasteiger partial charge >= 0.3 is 6.18 Å². The Morgan fingerprint density at radius 1 is 1.44 bits per heavy atom. The molecule has 0 spiro atoms. The Hall–Kier alpha value is -0.560. The molecule has 1 aromatic rings. The predicted molar refractivity (Wildman–Crippen MR) is 69.9 cm³/mol. The minimum Gasteiger partial charge on any atom is -0.349 e. The minimum absolute atomic E-state index is 0.248. The number of halogens is 5. The van der Waals surface area contributed by atoms with Gasteiger partial charge in [0, 0.05) is 15.8 Å². The smallest absolute Gasteiger partial charge is 0.349 e. The molecule has 1 rings (SSSR count). The number of carbonyl (C=O) groups is 1. The van der Waals surface area contributed by atoms with E-state index in [1.54, 1.807) is 6.92 Å². The number of benzene rings is 1. The quantitative estimate of drug-likeness (QED) is 0.779. The highest BCUT2D eigenvalue weighted by Crippen LogP contribution is 2.33. The van der Waals surface area contributed by atoms with Crippen molar-refractivity contribution in [3.8, 4) is 0 Å². The van der Waals surface area contributed by atoms with Gasteiger partial charge in [-0.3, -0.25) is 4.79 Å². The van der Waals surface area contributed by atoms with E-state index in [0.717, 1.165) is 12.1 Å². The summed E-state index contributed by atoms with van der Waals surface area (Å²) in [5.74, 6) is -0.734. The summed E-state index contributed by atoms with van der Waals surface area (Å²) >= 11 is 6.10. The van der Waals surface area contributed by atoms with Crippen LogP contribution < -0.4 is 5.32 Å². The van der Waals surface area contributed by atoms with Gasteiger partial charge in [-0.25, -0.2) is 0 Å². The van der Waals surface area contributed by atoms with Crippen molar-refractivity contribution in [1.82, 2.24) is 5.32 Å². The number of carbonyl (C=O) groups excluding carboxylic acids is 1. The molecule has 1 unspecified atom stereocenters. The normalized spacial score (nSPS) is 13.2. The first-order chi connectivity index (χ1) is 8.25. The number of alkyl halides is 4. The van der Waals surface area contributed by atoms with E-state index in [1.807, 2.05) is 0 Å². The second kappa shape index (κ2) is 6.06. The molecule has 0 saturated carbocycles. The number of hydrogen-bond donors (Lipinski definition) is 1. The van der Waals surface area contributed by atoms with Gasteiger partial charge in [-0.05, 0) is 25.1 Å². The van der Waals surface area contributed by atoms with Crippen LogP contribution in [0.1, 0.15) is 22.8 Å². The molecule has 18 heavy (non-hydrogen) atoms. The van der Waals surface area contributed by atoms with Gasteiger partial charge in [0.2, 0.25) is 0 Å². The van der Waals surface area contributed by atoms with Crippen LogP contribution in [0.2, 0.25) is 0 Å². The Labute approximate surface area is 119 Å². The third-order valence-corrected chi connectivity index (χ3v) is 3.61. The molecule has 1 amide bonds. The average molecular weight is 389 g/mol. The molecule has 1 atom stereocenters. The average Bonchev–Trinajstić information content (AvgIpc) is 2.27. The summed E-state index contributed by atoms with van der Waals surface area (Å²) in [6.45, 7) is 1.69. The molecule has 0 aliphatic rings. The highest BCUT2D eigenvalue weighted by molar-refractivity contribution is 9.10. The van der Waals surface area contributed by atoms with E-state index >= 15 is 0 Å². The van der Waals surface area contributed by atoms with Crippen molar-refractivity contribution in [3.63, 3.8) is 0 Å². The molecular formula is C11H10Br2F3NO. The third-order valence-electron chi connectivity index (χ3n) is 2.14. The summed E-state index contributed by atoms with van der Waals surface area (Å²) in [4.78, 5) is 11.7. The number of rotatable bonds is 3. The van der Waals surface area contributed by atoms with Crippen LogP contribution in [0, 0.1) is 0 Å². The summed E-state index contributed by atoms with van der Waals surface area (Å²) in [5, 5.41) is 2.95. The van der Waals surface area contributed by atoms with Crippen LogP contribution in [0.4, 0.5) is 13.2 Å². The topological polar surface area (TPSA) is 29.1 Å². The molecule has 100 valence electrons. The lowest BCUT2D eigenvalue weighted by Gasteiger charge is -2.15. The first-order valence-corrected chi connectivity index (χ1v) is 6.90. The zero-order chi connectivity index (χ0) is 13.9. The van der Waals surface area contributed by atoms with Crippen molar-refractivity contribution < 1.29 is 18.0 Å². The molecule has 0 aliphatic carbocycles. The standard InChI is InChI=1S/C11H10Br2F3NO/c1-6(5-12)17-10(18)8-3-2-7(13)4-9(8)11(14,15)16/h2-4,6H,5H2,1H3,(H,17,18). The van der Waals surface area contributed by atoms with Gasteiger partial charge < -0.3 is 5.32 Å². The fourth-order valence-electron chi connectivity index (χ4n) is 1.29. The van der Waals surface area contributed by atoms with Crippen LogP contribution >= 0.6 is 31.9 Å². The Balaban J connectivity index is 3.12. The molecular weight excluding hydrogens is 379 g/mol. The largest absolute Gasteiger partial charge is 0.417 e. The lowest BCUT2D eigenvalue weighted by Crippen LogP contribution is -2.34. The molecule has 1 N–H and O–H groups in total. The van der Waals surface area contributed by atoms with Gasteiger partial charge in [0.15, 0.2) is 0 Å². The van der Waals surface area contributed by atoms with Crippen LogP contribution in [-0.4, -0.2) is 17.3 Å². The van der Waals surface area contributed by atoms with Crippen molar-refractivity contribution in [2.45, 2.75) is 19.1 Å². The first kappa shape index (κ1) is 15.5. The Bertz CT molecular complexity index is 448. The highest BCUT2D eigenvalue weighted by atomic mass is 79.9. The summed E-state index contributed by atoms with van der Waals surface area (Å²) < 4.78 is 38.7. The third kappa shape index (κ3) is 3.98. The molecule has 7 heteroatoms. The van der Waals surface area contributed by atoms with Gasteiger partial charge in [0.05, 0.1) is 11.1 Å². The molecule has 0 aromatic heterocycles. The van der Waals surface area contributed by atoms with E-state index in [-0.39, 0.29) is 16.1 Å². The van der Waals surface area contributed by atoms with Crippen molar-refractivity contribution >= 4 is 37.8 Å². The van der Waals surface area contributed by atoms with E-state index in [1.165, 1.54) is 6.07 Å². The first-order valence-electron chi connectivity index (χ1n) is 4.99. The van der Waals surface area contributed by atoms with E-state index in [9.17, 15) is 18.0 Å². The fraction of sp³-hybridized carbons (Fsp3) is 0.364. The number of hydrogen-bond acceptors (Lipinski definition) is 1. The van der Waals surface area contributed by atoms with Crippen molar-refractivity contribution in [1.29, 1.82) is 0 Å². The van der Waals surface area contributed by atoms with Crippen molar-refractivity contribution in [2.24, 2.45) is 0 Å². The van der Waals surface area contributed by atoms with Crippen LogP contribution in [-0.2, 0) is 6.18 Å². The summed E-state index contributed by atoms with van der Waals surface area (Å²) in [6.07, 6.45) is -4.56. The Morgan fingerprint density at radius 3 is 2.56 bits per heavy atom. The molecule has 1 aromatic carbocycles. The van der Waals surface area contributed by atoms with Gasteiger partial charge in [-0.2, -0.15) is 13.2 Å². The van der Waals surface area contributed by atoms with Crippen LogP contribution in [0.3, 0.4) is 0 Å². The zero-order valence-electron chi connectivity index (χ0n) is 9.31. The second-order valence-corrected chi connectivity index (χ2v) is 5.28.